The summed E-state index contributed by atoms with van der Waals surface area (Å²) in [4.78, 5) is 27.9. The van der Waals surface area contributed by atoms with Crippen molar-refractivity contribution in [2.45, 2.75) is 57.2 Å². The highest BCUT2D eigenvalue weighted by Crippen LogP contribution is 2.36. The maximum absolute atomic E-state index is 13.0. The number of alkyl halides is 2. The number of anilines is 1. The number of aryl methyl sites for hydroxylation is 1. The van der Waals surface area contributed by atoms with Crippen LogP contribution in [0.2, 0.25) is 0 Å². The summed E-state index contributed by atoms with van der Waals surface area (Å²) in [5.74, 6) is 1.55. The number of urea groups is 1. The molecular formula is C22H24F2N6O2. The Morgan fingerprint density at radius 3 is 2.69 bits per heavy atom. The highest BCUT2D eigenvalue weighted by Gasteiger charge is 2.43. The quantitative estimate of drug-likeness (QED) is 0.621. The number of hydrogen-bond acceptors (Lipinski definition) is 6. The van der Waals surface area contributed by atoms with E-state index in [1.807, 2.05) is 17.0 Å². The summed E-state index contributed by atoms with van der Waals surface area (Å²) < 4.78 is 30.6. The molecule has 0 radical (unpaired) electrons. The van der Waals surface area contributed by atoms with Crippen LogP contribution in [0.4, 0.5) is 19.4 Å². The number of carbonyl (C=O) groups excluding carboxylic acids is 1. The number of aromatic nitrogens is 3. The molecule has 2 aliphatic rings. The normalized spacial score (nSPS) is 22.6. The van der Waals surface area contributed by atoms with Crippen LogP contribution in [0.15, 0.2) is 35.0 Å². The molecule has 0 spiro atoms. The van der Waals surface area contributed by atoms with Crippen LogP contribution in [0.25, 0.3) is 22.4 Å². The fraction of sp³-hybridized carbons (Fsp3) is 0.455. The molecule has 0 saturated carbocycles. The van der Waals surface area contributed by atoms with Gasteiger partial charge in [0, 0.05) is 42.7 Å². The second-order valence-electron chi connectivity index (χ2n) is 8.39. The molecule has 10 heteroatoms. The zero-order valence-corrected chi connectivity index (χ0v) is 17.6. The third-order valence-electron chi connectivity index (χ3n) is 6.21. The van der Waals surface area contributed by atoms with Crippen LogP contribution >= 0.6 is 0 Å². The Hall–Kier alpha value is -3.14. The van der Waals surface area contributed by atoms with E-state index in [1.165, 1.54) is 0 Å². The summed E-state index contributed by atoms with van der Waals surface area (Å²) in [6.07, 6.45) is 4.07. The van der Waals surface area contributed by atoms with E-state index in [0.29, 0.717) is 41.5 Å². The molecule has 8 nitrogen and oxygen atoms in total. The van der Waals surface area contributed by atoms with E-state index in [0.717, 1.165) is 18.2 Å². The van der Waals surface area contributed by atoms with Crippen molar-refractivity contribution < 1.29 is 18.0 Å². The molecule has 0 aromatic carbocycles. The highest BCUT2D eigenvalue weighted by molar-refractivity contribution is 5.91. The van der Waals surface area contributed by atoms with Crippen LogP contribution in [0.3, 0.4) is 0 Å². The smallest absolute Gasteiger partial charge is 0.323 e. The van der Waals surface area contributed by atoms with E-state index in [4.69, 9.17) is 4.42 Å². The van der Waals surface area contributed by atoms with Gasteiger partial charge >= 0.3 is 6.03 Å². The van der Waals surface area contributed by atoms with Crippen molar-refractivity contribution in [2.24, 2.45) is 0 Å². The fourth-order valence-corrected chi connectivity index (χ4v) is 4.81. The minimum absolute atomic E-state index is 0.0201. The SMILES string of the molecule is Cc1ncc(-c2ccc3cnc(NC(=O)N4C5CC[C@H]4C[C@@H](NCC(F)F)C5)cc3n2)o1. The monoisotopic (exact) mass is 442 g/mol. The Morgan fingerprint density at radius 1 is 1.22 bits per heavy atom. The molecule has 2 saturated heterocycles. The van der Waals surface area contributed by atoms with E-state index in [1.54, 1.807) is 25.4 Å². The summed E-state index contributed by atoms with van der Waals surface area (Å²) in [7, 11) is 0. The summed E-state index contributed by atoms with van der Waals surface area (Å²) in [6, 6.07) is 5.37. The number of amides is 2. The molecule has 2 amide bonds. The number of fused-ring (bicyclic) bond motifs is 3. The summed E-state index contributed by atoms with van der Waals surface area (Å²) >= 11 is 0. The average Bonchev–Trinajstić information content (AvgIpc) is 3.32. The van der Waals surface area contributed by atoms with Gasteiger partial charge in [-0.2, -0.15) is 0 Å². The Morgan fingerprint density at radius 2 is 2.00 bits per heavy atom. The zero-order chi connectivity index (χ0) is 22.2. The van der Waals surface area contributed by atoms with E-state index in [-0.39, 0.29) is 30.7 Å². The first-order valence-electron chi connectivity index (χ1n) is 10.8. The molecule has 5 rings (SSSR count). The topological polar surface area (TPSA) is 96.2 Å². The van der Waals surface area contributed by atoms with Gasteiger partial charge in [-0.15, -0.1) is 0 Å². The second-order valence-corrected chi connectivity index (χ2v) is 8.39. The van der Waals surface area contributed by atoms with Crippen molar-refractivity contribution in [2.75, 3.05) is 11.9 Å². The van der Waals surface area contributed by atoms with Crippen molar-refractivity contribution in [3.05, 3.63) is 36.5 Å². The number of hydrogen-bond donors (Lipinski definition) is 2. The van der Waals surface area contributed by atoms with Crippen LogP contribution in [-0.4, -0.2) is 57.0 Å². The van der Waals surface area contributed by atoms with Crippen LogP contribution in [-0.2, 0) is 0 Å². The van der Waals surface area contributed by atoms with Gasteiger partial charge in [0.25, 0.3) is 6.43 Å². The number of nitrogens with zero attached hydrogens (tertiary/aromatic N) is 4. The first kappa shape index (κ1) is 20.7. The van der Waals surface area contributed by atoms with Gasteiger partial charge in [-0.3, -0.25) is 5.32 Å². The number of nitrogens with one attached hydrogen (secondary N) is 2. The largest absolute Gasteiger partial charge is 0.439 e. The molecule has 32 heavy (non-hydrogen) atoms. The van der Waals surface area contributed by atoms with Gasteiger partial charge in [-0.05, 0) is 37.8 Å². The molecule has 5 heterocycles. The predicted octanol–water partition coefficient (Wildman–Crippen LogP) is 3.98. The zero-order valence-electron chi connectivity index (χ0n) is 17.6. The van der Waals surface area contributed by atoms with E-state index in [2.05, 4.69) is 25.6 Å². The molecule has 1 unspecified atom stereocenters. The van der Waals surface area contributed by atoms with Gasteiger partial charge in [0.1, 0.15) is 11.5 Å². The van der Waals surface area contributed by atoms with Crippen LogP contribution in [0, 0.1) is 6.92 Å². The van der Waals surface area contributed by atoms with Crippen LogP contribution < -0.4 is 10.6 Å². The number of pyridine rings is 2. The molecule has 2 aliphatic heterocycles. The third-order valence-corrected chi connectivity index (χ3v) is 6.21. The van der Waals surface area contributed by atoms with Crippen LogP contribution in [0.1, 0.15) is 31.6 Å². The number of carbonyl (C=O) groups is 1. The Balaban J connectivity index is 1.29. The molecule has 3 atom stereocenters. The summed E-state index contributed by atoms with van der Waals surface area (Å²) in [6.45, 7) is 1.47. The lowest BCUT2D eigenvalue weighted by Gasteiger charge is -2.39. The molecule has 3 aromatic rings. The number of halogens is 2. The molecule has 3 aromatic heterocycles. The van der Waals surface area contributed by atoms with E-state index in [9.17, 15) is 13.6 Å². The van der Waals surface area contributed by atoms with E-state index < -0.39 is 6.43 Å². The number of piperidine rings is 1. The first-order valence-corrected chi connectivity index (χ1v) is 10.8. The number of oxazole rings is 1. The minimum atomic E-state index is -2.37. The lowest BCUT2D eigenvalue weighted by molar-refractivity contribution is 0.115. The maximum Gasteiger partial charge on any atom is 0.323 e. The van der Waals surface area contributed by atoms with Gasteiger partial charge in [0.05, 0.1) is 18.3 Å². The first-order chi connectivity index (χ1) is 15.5. The number of rotatable bonds is 5. The highest BCUT2D eigenvalue weighted by atomic mass is 19.3. The van der Waals surface area contributed by atoms with Gasteiger partial charge in [-0.1, -0.05) is 0 Å². The van der Waals surface area contributed by atoms with Crippen molar-refractivity contribution in [1.29, 1.82) is 0 Å². The molecule has 0 aliphatic carbocycles. The van der Waals surface area contributed by atoms with Crippen molar-refractivity contribution in [3.8, 4) is 11.5 Å². The summed E-state index contributed by atoms with van der Waals surface area (Å²) in [5, 5.41) is 6.66. The molecule has 2 bridgehead atoms. The van der Waals surface area contributed by atoms with Crippen molar-refractivity contribution >= 4 is 22.8 Å². The Bertz CT molecular complexity index is 1120. The predicted molar refractivity (Wildman–Crippen MR) is 114 cm³/mol. The lowest BCUT2D eigenvalue weighted by Crippen LogP contribution is -2.53. The standard InChI is InChI=1S/C22H24F2N6O2/c1-12-25-10-19(32-12)17-5-2-13-9-27-21(8-18(13)28-17)29-22(31)30-15-3-4-16(30)7-14(6-15)26-11-20(23)24/h2,5,8-10,14-16,20,26H,3-4,6-7,11H2,1H3,(H,27,29,31)/t14-,15+,16?/m1/s1. The Labute approximate surface area is 183 Å². The van der Waals surface area contributed by atoms with Gasteiger partial charge < -0.3 is 14.6 Å². The van der Waals surface area contributed by atoms with E-state index >= 15 is 0 Å². The van der Waals surface area contributed by atoms with Gasteiger partial charge in [-0.25, -0.2) is 28.5 Å². The summed E-state index contributed by atoms with van der Waals surface area (Å²) in [5.41, 5.74) is 1.33. The fourth-order valence-electron chi connectivity index (χ4n) is 4.81. The molecular weight excluding hydrogens is 418 g/mol. The minimum Gasteiger partial charge on any atom is -0.439 e. The molecule has 2 N–H and O–H groups in total. The second kappa shape index (κ2) is 8.42. The average molecular weight is 442 g/mol. The molecule has 168 valence electrons. The van der Waals surface area contributed by atoms with Gasteiger partial charge in [0.2, 0.25) is 0 Å². The Kier molecular flexibility index (Phi) is 5.46. The molecule has 2 fully saturated rings. The lowest BCUT2D eigenvalue weighted by atomic mass is 9.97. The van der Waals surface area contributed by atoms with Crippen molar-refractivity contribution in [3.63, 3.8) is 0 Å². The van der Waals surface area contributed by atoms with Crippen LogP contribution in [0.5, 0.6) is 0 Å². The third kappa shape index (κ3) is 4.14. The van der Waals surface area contributed by atoms with Gasteiger partial charge in [0.15, 0.2) is 11.7 Å². The maximum atomic E-state index is 13.0. The van der Waals surface area contributed by atoms with Crippen molar-refractivity contribution in [1.82, 2.24) is 25.2 Å².